The lowest BCUT2D eigenvalue weighted by Crippen LogP contribution is -2.53. The second kappa shape index (κ2) is 8.60. The molecule has 1 spiro atoms. The third-order valence-electron chi connectivity index (χ3n) is 7.54. The van der Waals surface area contributed by atoms with E-state index >= 15 is 0 Å². The number of hydrogen-bond acceptors (Lipinski definition) is 8. The van der Waals surface area contributed by atoms with E-state index < -0.39 is 28.8 Å². The lowest BCUT2D eigenvalue weighted by Gasteiger charge is -2.32. The number of hydrogen-bond donors (Lipinski definition) is 0. The molecule has 39 heavy (non-hydrogen) atoms. The van der Waals surface area contributed by atoms with E-state index in [0.29, 0.717) is 29.9 Å². The fourth-order valence-electron chi connectivity index (χ4n) is 5.62. The number of fused-ring (bicyclic) bond motifs is 5. The first-order valence-corrected chi connectivity index (χ1v) is 13.4. The molecular formula is C29H25N3O6S. The van der Waals surface area contributed by atoms with Crippen LogP contribution in [0.3, 0.4) is 0 Å². The number of thiazole rings is 1. The van der Waals surface area contributed by atoms with E-state index in [9.17, 15) is 19.2 Å². The third-order valence-corrected chi connectivity index (χ3v) is 8.66. The zero-order chi connectivity index (χ0) is 27.8. The number of aryl methyl sites for hydroxylation is 3. The Kier molecular flexibility index (Phi) is 5.51. The molecule has 2 aromatic heterocycles. The lowest BCUT2D eigenvalue weighted by molar-refractivity contribution is -0.121. The van der Waals surface area contributed by atoms with Crippen molar-refractivity contribution in [1.29, 1.82) is 0 Å². The standard InChI is InChI=1S/C29H25N3O6S/c1-6-11-31-19-10-8-7-9-18(19)29(27(31)36)21-22(33)17-12-14(2)15(3)13-20(17)38-23(21)25(34)32(29)28-30-16(4)24(39-28)26(35)37-5/h7-10,12-13H,6,11H2,1-5H3. The van der Waals surface area contributed by atoms with Crippen LogP contribution in [0.15, 0.2) is 45.6 Å². The van der Waals surface area contributed by atoms with Gasteiger partial charge in [0.2, 0.25) is 5.76 Å². The zero-order valence-electron chi connectivity index (χ0n) is 22.1. The minimum Gasteiger partial charge on any atom is -0.465 e. The van der Waals surface area contributed by atoms with Crippen molar-refractivity contribution in [3.05, 3.63) is 85.2 Å². The molecule has 2 aliphatic heterocycles. The van der Waals surface area contributed by atoms with E-state index in [0.717, 1.165) is 22.5 Å². The van der Waals surface area contributed by atoms with Gasteiger partial charge in [-0.3, -0.25) is 19.3 Å². The summed E-state index contributed by atoms with van der Waals surface area (Å²) in [6.07, 6.45) is 0.657. The number of methoxy groups -OCH3 is 1. The molecule has 0 bridgehead atoms. The molecule has 4 heterocycles. The molecule has 9 nitrogen and oxygen atoms in total. The number of anilines is 2. The highest BCUT2D eigenvalue weighted by Crippen LogP contribution is 2.54. The first-order valence-electron chi connectivity index (χ1n) is 12.6. The summed E-state index contributed by atoms with van der Waals surface area (Å²) in [7, 11) is 1.26. The molecule has 0 saturated carbocycles. The van der Waals surface area contributed by atoms with Crippen LogP contribution in [0.5, 0.6) is 0 Å². The Balaban J connectivity index is 1.75. The molecule has 2 amide bonds. The van der Waals surface area contributed by atoms with Gasteiger partial charge in [0.25, 0.3) is 11.8 Å². The minimum atomic E-state index is -1.84. The molecule has 6 rings (SSSR count). The summed E-state index contributed by atoms with van der Waals surface area (Å²) in [5.41, 5.74) is 1.16. The molecule has 1 atom stereocenters. The summed E-state index contributed by atoms with van der Waals surface area (Å²) >= 11 is 0.936. The molecule has 0 N–H and O–H groups in total. The SMILES string of the molecule is CCCN1C(=O)C2(c3ccccc31)c1c(oc3cc(C)c(C)cc3c1=O)C(=O)N2c1nc(C)c(C(=O)OC)s1. The Morgan fingerprint density at radius 1 is 1.10 bits per heavy atom. The van der Waals surface area contributed by atoms with E-state index in [1.165, 1.54) is 12.0 Å². The maximum absolute atomic E-state index is 14.6. The fourth-order valence-corrected chi connectivity index (χ4v) is 6.66. The number of rotatable bonds is 4. The predicted molar refractivity (Wildman–Crippen MR) is 147 cm³/mol. The maximum Gasteiger partial charge on any atom is 0.350 e. The van der Waals surface area contributed by atoms with E-state index in [1.54, 1.807) is 42.2 Å². The van der Waals surface area contributed by atoms with Crippen molar-refractivity contribution in [2.45, 2.75) is 39.7 Å². The van der Waals surface area contributed by atoms with Crippen molar-refractivity contribution in [3.63, 3.8) is 0 Å². The molecule has 0 fully saturated rings. The number of para-hydroxylation sites is 1. The second-order valence-electron chi connectivity index (χ2n) is 9.80. The highest BCUT2D eigenvalue weighted by Gasteiger charge is 2.66. The summed E-state index contributed by atoms with van der Waals surface area (Å²) in [4.78, 5) is 63.2. The van der Waals surface area contributed by atoms with Gasteiger partial charge in [-0.1, -0.05) is 36.5 Å². The number of amides is 2. The number of carbonyl (C=O) groups is 3. The van der Waals surface area contributed by atoms with Gasteiger partial charge in [0.15, 0.2) is 16.1 Å². The minimum absolute atomic E-state index is 0.0354. The van der Waals surface area contributed by atoms with Crippen LogP contribution in [0.1, 0.15) is 61.5 Å². The third kappa shape index (κ3) is 3.15. The number of carbonyl (C=O) groups excluding carboxylic acids is 3. The summed E-state index contributed by atoms with van der Waals surface area (Å²) in [5, 5.41) is 0.386. The van der Waals surface area contributed by atoms with Gasteiger partial charge in [-0.05, 0) is 56.5 Å². The fraction of sp³-hybridized carbons (Fsp3) is 0.276. The molecule has 0 radical (unpaired) electrons. The van der Waals surface area contributed by atoms with E-state index in [-0.39, 0.29) is 32.3 Å². The summed E-state index contributed by atoms with van der Waals surface area (Å²) in [6, 6.07) is 10.6. The lowest BCUT2D eigenvalue weighted by atomic mass is 9.84. The van der Waals surface area contributed by atoms with Crippen molar-refractivity contribution in [3.8, 4) is 0 Å². The quantitative estimate of drug-likeness (QED) is 0.346. The van der Waals surface area contributed by atoms with Gasteiger partial charge in [0, 0.05) is 12.1 Å². The summed E-state index contributed by atoms with van der Waals surface area (Å²) in [5.74, 6) is -1.93. The van der Waals surface area contributed by atoms with Crippen molar-refractivity contribution >= 4 is 50.9 Å². The molecule has 2 aliphatic rings. The van der Waals surface area contributed by atoms with Crippen molar-refractivity contribution in [2.24, 2.45) is 0 Å². The molecule has 0 saturated heterocycles. The van der Waals surface area contributed by atoms with Crippen LogP contribution in [0.4, 0.5) is 10.8 Å². The van der Waals surface area contributed by atoms with E-state index in [1.807, 2.05) is 26.8 Å². The number of aromatic nitrogens is 1. The second-order valence-corrected chi connectivity index (χ2v) is 10.8. The number of benzene rings is 2. The van der Waals surface area contributed by atoms with Crippen LogP contribution in [-0.2, 0) is 15.1 Å². The number of nitrogens with zero attached hydrogens (tertiary/aromatic N) is 3. The largest absolute Gasteiger partial charge is 0.465 e. The molecular weight excluding hydrogens is 518 g/mol. The molecule has 4 aromatic rings. The van der Waals surface area contributed by atoms with Crippen LogP contribution >= 0.6 is 11.3 Å². The maximum atomic E-state index is 14.6. The Labute approximate surface area is 227 Å². The van der Waals surface area contributed by atoms with Crippen molar-refractivity contribution < 1.29 is 23.5 Å². The number of ether oxygens (including phenoxy) is 1. The average molecular weight is 544 g/mol. The molecule has 1 unspecified atom stereocenters. The smallest absolute Gasteiger partial charge is 0.350 e. The molecule has 198 valence electrons. The highest BCUT2D eigenvalue weighted by atomic mass is 32.1. The molecule has 2 aromatic carbocycles. The van der Waals surface area contributed by atoms with Gasteiger partial charge in [-0.25, -0.2) is 9.78 Å². The zero-order valence-corrected chi connectivity index (χ0v) is 22.9. The Hall–Kier alpha value is -4.31. The highest BCUT2D eigenvalue weighted by molar-refractivity contribution is 7.17. The normalized spacial score (nSPS) is 17.9. The van der Waals surface area contributed by atoms with E-state index in [4.69, 9.17) is 9.15 Å². The Bertz CT molecular complexity index is 1800. The molecule has 10 heteroatoms. The van der Waals surface area contributed by atoms with Crippen LogP contribution in [-0.4, -0.2) is 36.4 Å². The van der Waals surface area contributed by atoms with Gasteiger partial charge < -0.3 is 14.1 Å². The summed E-state index contributed by atoms with van der Waals surface area (Å²) < 4.78 is 11.1. The van der Waals surface area contributed by atoms with Gasteiger partial charge in [0.1, 0.15) is 10.5 Å². The predicted octanol–water partition coefficient (Wildman–Crippen LogP) is 4.62. The van der Waals surface area contributed by atoms with Crippen LogP contribution < -0.4 is 15.2 Å². The Morgan fingerprint density at radius 3 is 2.54 bits per heavy atom. The van der Waals surface area contributed by atoms with Gasteiger partial charge in [-0.15, -0.1) is 0 Å². The Morgan fingerprint density at radius 2 is 1.82 bits per heavy atom. The number of esters is 1. The summed E-state index contributed by atoms with van der Waals surface area (Å²) in [6.45, 7) is 7.75. The van der Waals surface area contributed by atoms with Crippen LogP contribution in [0.2, 0.25) is 0 Å². The first kappa shape index (κ1) is 25.0. The monoisotopic (exact) mass is 543 g/mol. The van der Waals surface area contributed by atoms with Gasteiger partial charge >= 0.3 is 5.97 Å². The van der Waals surface area contributed by atoms with Gasteiger partial charge in [-0.2, -0.15) is 0 Å². The molecule has 0 aliphatic carbocycles. The van der Waals surface area contributed by atoms with Crippen LogP contribution in [0.25, 0.3) is 11.0 Å². The van der Waals surface area contributed by atoms with Crippen molar-refractivity contribution in [2.75, 3.05) is 23.5 Å². The van der Waals surface area contributed by atoms with Gasteiger partial charge in [0.05, 0.1) is 29.4 Å². The van der Waals surface area contributed by atoms with Crippen molar-refractivity contribution in [1.82, 2.24) is 4.98 Å². The average Bonchev–Trinajstić information content (AvgIpc) is 3.50. The first-order chi connectivity index (χ1) is 18.7. The van der Waals surface area contributed by atoms with E-state index in [2.05, 4.69) is 4.98 Å². The topological polar surface area (TPSA) is 110 Å². The van der Waals surface area contributed by atoms with Crippen LogP contribution in [0, 0.1) is 20.8 Å².